The number of para-hydroxylation sites is 1. The number of benzene rings is 1. The molecule has 0 radical (unpaired) electrons. The van der Waals surface area contributed by atoms with Crippen LogP contribution in [0.1, 0.15) is 25.3 Å². The third-order valence-corrected chi connectivity index (χ3v) is 2.40. The molecule has 17 heavy (non-hydrogen) atoms. The first-order valence-electron chi connectivity index (χ1n) is 5.75. The second-order valence-corrected chi connectivity index (χ2v) is 3.59. The van der Waals surface area contributed by atoms with Crippen molar-refractivity contribution < 1.29 is 14.7 Å². The van der Waals surface area contributed by atoms with E-state index < -0.39 is 0 Å². The van der Waals surface area contributed by atoms with Gasteiger partial charge in [-0.05, 0) is 18.6 Å². The predicted octanol–water partition coefficient (Wildman–Crippen LogP) is 2.69. The first kappa shape index (κ1) is 13.5. The van der Waals surface area contributed by atoms with Crippen molar-refractivity contribution in [3.05, 3.63) is 29.8 Å². The molecule has 4 heteroatoms. The molecule has 0 fully saturated rings. The summed E-state index contributed by atoms with van der Waals surface area (Å²) < 4.78 is 10.6. The average Bonchev–Trinajstić information content (AvgIpc) is 2.38. The summed E-state index contributed by atoms with van der Waals surface area (Å²) in [7, 11) is 1.67. The molecule has 1 N–H and O–H groups in total. The van der Waals surface area contributed by atoms with Crippen LogP contribution in [0.2, 0.25) is 0 Å². The number of rotatable bonds is 7. The van der Waals surface area contributed by atoms with Gasteiger partial charge in [-0.15, -0.1) is 0 Å². The van der Waals surface area contributed by atoms with E-state index in [1.807, 2.05) is 31.2 Å². The zero-order valence-electron chi connectivity index (χ0n) is 10.3. The summed E-state index contributed by atoms with van der Waals surface area (Å²) in [4.78, 5) is 0. The molecule has 0 saturated heterocycles. The number of ether oxygens (including phenoxy) is 2. The van der Waals surface area contributed by atoms with Gasteiger partial charge in [0.05, 0.1) is 12.3 Å². The van der Waals surface area contributed by atoms with Gasteiger partial charge in [0, 0.05) is 25.7 Å². The normalized spacial score (nSPS) is 11.5. The maximum atomic E-state index is 8.93. The summed E-state index contributed by atoms with van der Waals surface area (Å²) in [5.74, 6) is 0.748. The van der Waals surface area contributed by atoms with E-state index in [0.29, 0.717) is 25.3 Å². The van der Waals surface area contributed by atoms with Gasteiger partial charge in [0.25, 0.3) is 0 Å². The molecular formula is C13H19NO3. The average molecular weight is 237 g/mol. The largest absolute Gasteiger partial charge is 0.493 e. The standard InChI is InChI=1S/C13H19NO3/c1-3-12(14-15)11-7-4-5-8-13(11)17-10-6-9-16-2/h4-5,7-8,15H,3,6,9-10H2,1-2H3/b14-12+. The number of hydrogen-bond donors (Lipinski definition) is 1. The van der Waals surface area contributed by atoms with E-state index in [1.165, 1.54) is 0 Å². The molecule has 0 aromatic heterocycles. The van der Waals surface area contributed by atoms with Crippen LogP contribution in [0.4, 0.5) is 0 Å². The van der Waals surface area contributed by atoms with Gasteiger partial charge in [-0.1, -0.05) is 24.2 Å². The molecule has 4 nitrogen and oxygen atoms in total. The minimum Gasteiger partial charge on any atom is -0.493 e. The fraction of sp³-hybridized carbons (Fsp3) is 0.462. The molecule has 0 atom stereocenters. The van der Waals surface area contributed by atoms with Crippen LogP contribution in [0, 0.1) is 0 Å². The first-order valence-corrected chi connectivity index (χ1v) is 5.75. The fourth-order valence-corrected chi connectivity index (χ4v) is 1.53. The van der Waals surface area contributed by atoms with Crippen molar-refractivity contribution in [2.45, 2.75) is 19.8 Å². The maximum absolute atomic E-state index is 8.93. The Morgan fingerprint density at radius 1 is 1.29 bits per heavy atom. The second kappa shape index (κ2) is 7.68. The lowest BCUT2D eigenvalue weighted by molar-refractivity contribution is 0.172. The highest BCUT2D eigenvalue weighted by Gasteiger charge is 2.08. The Labute approximate surface area is 102 Å². The molecule has 0 amide bonds. The summed E-state index contributed by atoms with van der Waals surface area (Å²) in [5, 5.41) is 12.2. The lowest BCUT2D eigenvalue weighted by Gasteiger charge is -2.11. The summed E-state index contributed by atoms with van der Waals surface area (Å²) >= 11 is 0. The molecule has 0 heterocycles. The third-order valence-electron chi connectivity index (χ3n) is 2.40. The van der Waals surface area contributed by atoms with Crippen molar-refractivity contribution in [1.82, 2.24) is 0 Å². The molecule has 0 aliphatic rings. The lowest BCUT2D eigenvalue weighted by atomic mass is 10.1. The number of nitrogens with zero attached hydrogens (tertiary/aromatic N) is 1. The Morgan fingerprint density at radius 2 is 2.06 bits per heavy atom. The highest BCUT2D eigenvalue weighted by molar-refractivity contribution is 6.02. The van der Waals surface area contributed by atoms with Gasteiger partial charge in [-0.25, -0.2) is 0 Å². The van der Waals surface area contributed by atoms with Crippen LogP contribution in [-0.4, -0.2) is 31.2 Å². The first-order chi connectivity index (χ1) is 8.33. The Bertz CT molecular complexity index is 363. The molecule has 1 aromatic carbocycles. The Kier molecular flexibility index (Phi) is 6.10. The summed E-state index contributed by atoms with van der Waals surface area (Å²) in [5.41, 5.74) is 1.47. The van der Waals surface area contributed by atoms with Crippen LogP contribution < -0.4 is 4.74 Å². The quantitative estimate of drug-likeness (QED) is 0.343. The number of oxime groups is 1. The zero-order chi connectivity index (χ0) is 12.5. The van der Waals surface area contributed by atoms with E-state index in [9.17, 15) is 0 Å². The van der Waals surface area contributed by atoms with E-state index in [4.69, 9.17) is 14.7 Å². The van der Waals surface area contributed by atoms with E-state index in [2.05, 4.69) is 5.16 Å². The molecule has 0 aliphatic heterocycles. The van der Waals surface area contributed by atoms with Crippen LogP contribution >= 0.6 is 0 Å². The van der Waals surface area contributed by atoms with Crippen LogP contribution in [-0.2, 0) is 4.74 Å². The summed E-state index contributed by atoms with van der Waals surface area (Å²) in [6.07, 6.45) is 1.50. The molecule has 0 saturated carbocycles. The SMILES string of the molecule is CC/C(=N\O)c1ccccc1OCCCOC. The molecule has 0 spiro atoms. The van der Waals surface area contributed by atoms with Crippen LogP contribution in [0.5, 0.6) is 5.75 Å². The lowest BCUT2D eigenvalue weighted by Crippen LogP contribution is -2.06. The molecule has 94 valence electrons. The van der Waals surface area contributed by atoms with Crippen LogP contribution in [0.25, 0.3) is 0 Å². The van der Waals surface area contributed by atoms with Crippen molar-refractivity contribution in [2.24, 2.45) is 5.16 Å². The topological polar surface area (TPSA) is 51.1 Å². The van der Waals surface area contributed by atoms with E-state index in [0.717, 1.165) is 17.7 Å². The fourth-order valence-electron chi connectivity index (χ4n) is 1.53. The van der Waals surface area contributed by atoms with E-state index >= 15 is 0 Å². The van der Waals surface area contributed by atoms with Crippen LogP contribution in [0.3, 0.4) is 0 Å². The molecule has 0 unspecified atom stereocenters. The third kappa shape index (κ3) is 4.07. The number of methoxy groups -OCH3 is 1. The molecule has 0 bridgehead atoms. The summed E-state index contributed by atoms with van der Waals surface area (Å²) in [6.45, 7) is 3.21. The van der Waals surface area contributed by atoms with Crippen molar-refractivity contribution >= 4 is 5.71 Å². The molecule has 1 aromatic rings. The maximum Gasteiger partial charge on any atom is 0.128 e. The van der Waals surface area contributed by atoms with Crippen molar-refractivity contribution in [3.63, 3.8) is 0 Å². The molecular weight excluding hydrogens is 218 g/mol. The van der Waals surface area contributed by atoms with Gasteiger partial charge in [0.15, 0.2) is 0 Å². The van der Waals surface area contributed by atoms with Gasteiger partial charge >= 0.3 is 0 Å². The zero-order valence-corrected chi connectivity index (χ0v) is 10.3. The Balaban J connectivity index is 2.71. The Hall–Kier alpha value is -1.55. The van der Waals surface area contributed by atoms with Gasteiger partial charge < -0.3 is 14.7 Å². The van der Waals surface area contributed by atoms with Crippen LogP contribution in [0.15, 0.2) is 29.4 Å². The minimum absolute atomic E-state index is 0.591. The Morgan fingerprint density at radius 3 is 2.71 bits per heavy atom. The minimum atomic E-state index is 0.591. The van der Waals surface area contributed by atoms with E-state index in [-0.39, 0.29) is 0 Å². The monoisotopic (exact) mass is 237 g/mol. The van der Waals surface area contributed by atoms with Gasteiger partial charge in [-0.3, -0.25) is 0 Å². The van der Waals surface area contributed by atoms with Crippen molar-refractivity contribution in [2.75, 3.05) is 20.3 Å². The summed E-state index contributed by atoms with van der Waals surface area (Å²) in [6, 6.07) is 7.57. The molecule has 0 aliphatic carbocycles. The smallest absolute Gasteiger partial charge is 0.128 e. The van der Waals surface area contributed by atoms with Crippen molar-refractivity contribution in [1.29, 1.82) is 0 Å². The van der Waals surface area contributed by atoms with Crippen molar-refractivity contribution in [3.8, 4) is 5.75 Å². The highest BCUT2D eigenvalue weighted by atomic mass is 16.5. The second-order valence-electron chi connectivity index (χ2n) is 3.59. The van der Waals surface area contributed by atoms with E-state index in [1.54, 1.807) is 7.11 Å². The molecule has 1 rings (SSSR count). The van der Waals surface area contributed by atoms with Gasteiger partial charge in [0.1, 0.15) is 5.75 Å². The number of hydrogen-bond acceptors (Lipinski definition) is 4. The predicted molar refractivity (Wildman–Crippen MR) is 67.0 cm³/mol. The van der Waals surface area contributed by atoms with Gasteiger partial charge in [-0.2, -0.15) is 0 Å². The highest BCUT2D eigenvalue weighted by Crippen LogP contribution is 2.20. The van der Waals surface area contributed by atoms with Gasteiger partial charge in [0.2, 0.25) is 0 Å².